The van der Waals surface area contributed by atoms with Gasteiger partial charge in [-0.2, -0.15) is 0 Å². The molecule has 2 aromatic carbocycles. The molecular formula is C20H20BrNO3. The first-order chi connectivity index (χ1) is 11.8. The van der Waals surface area contributed by atoms with Gasteiger partial charge in [-0.05, 0) is 56.5 Å². The van der Waals surface area contributed by atoms with E-state index in [4.69, 9.17) is 4.74 Å². The molecule has 0 aromatic heterocycles. The first kappa shape index (κ1) is 17.7. The molecule has 25 heavy (non-hydrogen) atoms. The van der Waals surface area contributed by atoms with E-state index in [0.717, 1.165) is 15.6 Å². The molecule has 0 spiro atoms. The number of amides is 2. The molecule has 0 N–H and O–H groups in total. The summed E-state index contributed by atoms with van der Waals surface area (Å²) in [6.45, 7) is 5.38. The fourth-order valence-electron chi connectivity index (χ4n) is 2.97. The summed E-state index contributed by atoms with van der Waals surface area (Å²) in [5, 5.41) is 0. The smallest absolute Gasteiger partial charge is 0.417 e. The van der Waals surface area contributed by atoms with Crippen LogP contribution in [-0.4, -0.2) is 22.5 Å². The number of hydrogen-bond acceptors (Lipinski definition) is 3. The van der Waals surface area contributed by atoms with Crippen LogP contribution < -0.4 is 0 Å². The van der Waals surface area contributed by atoms with Crippen molar-refractivity contribution in [2.24, 2.45) is 0 Å². The lowest BCUT2D eigenvalue weighted by molar-refractivity contribution is 0.0190. The quantitative estimate of drug-likeness (QED) is 0.700. The van der Waals surface area contributed by atoms with Gasteiger partial charge in [0.15, 0.2) is 0 Å². The molecule has 2 amide bonds. The van der Waals surface area contributed by atoms with Crippen LogP contribution in [0.25, 0.3) is 0 Å². The number of carbonyl (C=O) groups is 2. The molecule has 2 aromatic rings. The van der Waals surface area contributed by atoms with Gasteiger partial charge >= 0.3 is 6.09 Å². The van der Waals surface area contributed by atoms with E-state index >= 15 is 0 Å². The van der Waals surface area contributed by atoms with Gasteiger partial charge in [-0.15, -0.1) is 0 Å². The zero-order valence-corrected chi connectivity index (χ0v) is 16.0. The van der Waals surface area contributed by atoms with Crippen LogP contribution in [0.2, 0.25) is 0 Å². The maximum atomic E-state index is 12.8. The highest BCUT2D eigenvalue weighted by molar-refractivity contribution is 9.10. The number of benzene rings is 2. The molecule has 130 valence electrons. The third kappa shape index (κ3) is 3.76. The third-order valence-electron chi connectivity index (χ3n) is 4.00. The molecule has 4 nitrogen and oxygen atoms in total. The molecule has 1 unspecified atom stereocenters. The van der Waals surface area contributed by atoms with E-state index in [-0.39, 0.29) is 11.9 Å². The van der Waals surface area contributed by atoms with Crippen molar-refractivity contribution in [2.75, 3.05) is 0 Å². The Hall–Kier alpha value is -2.14. The molecule has 3 rings (SSSR count). The lowest BCUT2D eigenvalue weighted by Crippen LogP contribution is -2.39. The number of carbonyl (C=O) groups excluding carboxylic acids is 2. The standard InChI is InChI=1S/C20H20BrNO3/c1-20(2,3)25-19(24)22-17(11-13-7-5-4-6-8-13)16-12-14(21)9-10-15(16)18(22)23/h4-10,12,17H,11H2,1-3H3. The molecule has 1 atom stereocenters. The average molecular weight is 402 g/mol. The topological polar surface area (TPSA) is 46.6 Å². The Balaban J connectivity index is 2.00. The van der Waals surface area contributed by atoms with E-state index in [9.17, 15) is 9.59 Å². The van der Waals surface area contributed by atoms with Gasteiger partial charge in [0.25, 0.3) is 5.91 Å². The van der Waals surface area contributed by atoms with Gasteiger partial charge in [0.05, 0.1) is 6.04 Å². The summed E-state index contributed by atoms with van der Waals surface area (Å²) < 4.78 is 6.35. The molecule has 1 aliphatic heterocycles. The van der Waals surface area contributed by atoms with E-state index < -0.39 is 11.7 Å². The first-order valence-electron chi connectivity index (χ1n) is 8.16. The Morgan fingerprint density at radius 3 is 2.48 bits per heavy atom. The first-order valence-corrected chi connectivity index (χ1v) is 8.95. The predicted octanol–water partition coefficient (Wildman–Crippen LogP) is 5.12. The second kappa shape index (κ2) is 6.64. The lowest BCUT2D eigenvalue weighted by atomic mass is 9.98. The van der Waals surface area contributed by atoms with Crippen molar-refractivity contribution < 1.29 is 14.3 Å². The van der Waals surface area contributed by atoms with Crippen molar-refractivity contribution in [3.8, 4) is 0 Å². The Morgan fingerprint density at radius 2 is 1.84 bits per heavy atom. The number of fused-ring (bicyclic) bond motifs is 1. The van der Waals surface area contributed by atoms with Gasteiger partial charge in [-0.25, -0.2) is 9.69 Å². The van der Waals surface area contributed by atoms with Crippen LogP contribution in [0.3, 0.4) is 0 Å². The minimum atomic E-state index is -0.663. The van der Waals surface area contributed by atoms with Gasteiger partial charge in [-0.1, -0.05) is 46.3 Å². The summed E-state index contributed by atoms with van der Waals surface area (Å²) in [6.07, 6.45) is -0.0549. The number of hydrogen-bond donors (Lipinski definition) is 0. The zero-order chi connectivity index (χ0) is 18.2. The summed E-state index contributed by atoms with van der Waals surface area (Å²) in [4.78, 5) is 26.8. The number of ether oxygens (including phenoxy) is 1. The van der Waals surface area contributed by atoms with Crippen molar-refractivity contribution in [2.45, 2.75) is 38.8 Å². The molecule has 1 aliphatic rings. The van der Waals surface area contributed by atoms with E-state index in [2.05, 4.69) is 15.9 Å². The van der Waals surface area contributed by atoms with E-state index in [0.29, 0.717) is 12.0 Å². The Bertz CT molecular complexity index is 811. The highest BCUT2D eigenvalue weighted by Gasteiger charge is 2.42. The van der Waals surface area contributed by atoms with Crippen LogP contribution in [0.5, 0.6) is 0 Å². The summed E-state index contributed by atoms with van der Waals surface area (Å²) >= 11 is 3.46. The highest BCUT2D eigenvalue weighted by atomic mass is 79.9. The monoisotopic (exact) mass is 401 g/mol. The van der Waals surface area contributed by atoms with Gasteiger partial charge in [0.2, 0.25) is 0 Å². The van der Waals surface area contributed by atoms with Crippen LogP contribution in [-0.2, 0) is 11.2 Å². The number of halogens is 1. The average Bonchev–Trinajstić information content (AvgIpc) is 2.79. The molecule has 0 fully saturated rings. The number of nitrogens with zero attached hydrogens (tertiary/aromatic N) is 1. The summed E-state index contributed by atoms with van der Waals surface area (Å²) in [5.74, 6) is -0.308. The fraction of sp³-hybridized carbons (Fsp3) is 0.300. The van der Waals surface area contributed by atoms with Crippen molar-refractivity contribution in [1.82, 2.24) is 4.90 Å². The van der Waals surface area contributed by atoms with Crippen molar-refractivity contribution >= 4 is 27.9 Å². The summed E-state index contributed by atoms with van der Waals surface area (Å²) in [5.41, 5.74) is 1.79. The Kier molecular flexibility index (Phi) is 4.69. The molecule has 0 aliphatic carbocycles. The SMILES string of the molecule is CC(C)(C)OC(=O)N1C(=O)c2ccc(Br)cc2C1Cc1ccccc1. The van der Waals surface area contributed by atoms with Crippen LogP contribution in [0.15, 0.2) is 53.0 Å². The molecule has 0 saturated carbocycles. The maximum absolute atomic E-state index is 12.8. The minimum absolute atomic E-state index is 0.308. The van der Waals surface area contributed by atoms with Gasteiger partial charge in [0, 0.05) is 10.0 Å². The van der Waals surface area contributed by atoms with Crippen LogP contribution in [0.1, 0.15) is 48.3 Å². The Labute approximate surface area is 155 Å². The van der Waals surface area contributed by atoms with Crippen molar-refractivity contribution in [3.63, 3.8) is 0 Å². The second-order valence-corrected chi connectivity index (χ2v) is 8.01. The van der Waals surface area contributed by atoms with Gasteiger partial charge < -0.3 is 4.74 Å². The Morgan fingerprint density at radius 1 is 1.16 bits per heavy atom. The lowest BCUT2D eigenvalue weighted by Gasteiger charge is -2.27. The normalized spacial score (nSPS) is 16.7. The molecule has 5 heteroatoms. The largest absolute Gasteiger partial charge is 0.443 e. The summed E-state index contributed by atoms with van der Waals surface area (Å²) in [7, 11) is 0. The van der Waals surface area contributed by atoms with E-state index in [1.54, 1.807) is 26.8 Å². The predicted molar refractivity (Wildman–Crippen MR) is 99.4 cm³/mol. The molecule has 0 radical (unpaired) electrons. The number of rotatable bonds is 2. The van der Waals surface area contributed by atoms with Crippen molar-refractivity contribution in [3.05, 3.63) is 69.7 Å². The fourth-order valence-corrected chi connectivity index (χ4v) is 3.35. The van der Waals surface area contributed by atoms with Crippen LogP contribution in [0, 0.1) is 0 Å². The van der Waals surface area contributed by atoms with Gasteiger partial charge in [0.1, 0.15) is 5.60 Å². The molecule has 0 bridgehead atoms. The second-order valence-electron chi connectivity index (χ2n) is 7.09. The maximum Gasteiger partial charge on any atom is 0.417 e. The number of imide groups is 1. The molecule has 1 heterocycles. The highest BCUT2D eigenvalue weighted by Crippen LogP contribution is 2.38. The molecule has 0 saturated heterocycles. The van der Waals surface area contributed by atoms with E-state index in [1.807, 2.05) is 42.5 Å². The van der Waals surface area contributed by atoms with E-state index in [1.165, 1.54) is 4.90 Å². The van der Waals surface area contributed by atoms with Crippen molar-refractivity contribution in [1.29, 1.82) is 0 Å². The van der Waals surface area contributed by atoms with Crippen LogP contribution >= 0.6 is 15.9 Å². The summed E-state index contributed by atoms with van der Waals surface area (Å²) in [6, 6.07) is 14.9. The molecular weight excluding hydrogens is 382 g/mol. The van der Waals surface area contributed by atoms with Crippen LogP contribution in [0.4, 0.5) is 4.79 Å². The third-order valence-corrected chi connectivity index (χ3v) is 4.49. The minimum Gasteiger partial charge on any atom is -0.443 e. The van der Waals surface area contributed by atoms with Gasteiger partial charge in [-0.3, -0.25) is 4.79 Å². The zero-order valence-electron chi connectivity index (χ0n) is 14.5.